The number of urea groups is 1. The third kappa shape index (κ3) is 5.92. The monoisotopic (exact) mass is 520 g/mol. The minimum atomic E-state index is -0.815. The molecule has 0 saturated carbocycles. The number of carbonyl (C=O) groups excluding carboxylic acids is 3. The Morgan fingerprint density at radius 3 is 2.35 bits per heavy atom. The van der Waals surface area contributed by atoms with E-state index in [2.05, 4.69) is 5.32 Å². The molecule has 0 unspecified atom stereocenters. The maximum atomic E-state index is 13.2. The molecule has 0 radical (unpaired) electrons. The van der Waals surface area contributed by atoms with Crippen LogP contribution in [0.3, 0.4) is 0 Å². The van der Waals surface area contributed by atoms with Crippen LogP contribution in [0.2, 0.25) is 5.02 Å². The average molecular weight is 521 g/mol. The van der Waals surface area contributed by atoms with Crippen LogP contribution in [-0.4, -0.2) is 38.2 Å². The number of nitrogens with one attached hydrogen (secondary N) is 1. The van der Waals surface area contributed by atoms with E-state index in [4.69, 9.17) is 25.8 Å². The van der Waals surface area contributed by atoms with Gasteiger partial charge in [0.2, 0.25) is 0 Å². The minimum absolute atomic E-state index is 0.207. The van der Waals surface area contributed by atoms with E-state index >= 15 is 0 Å². The molecule has 0 aromatic heterocycles. The minimum Gasteiger partial charge on any atom is -0.493 e. The van der Waals surface area contributed by atoms with Crippen molar-refractivity contribution in [2.24, 2.45) is 0 Å². The van der Waals surface area contributed by atoms with Crippen LogP contribution in [0.25, 0.3) is 6.08 Å². The number of aryl methyl sites for hydroxylation is 2. The number of halogens is 1. The third-order valence-corrected chi connectivity index (χ3v) is 5.82. The number of imide groups is 2. The second-order valence-corrected chi connectivity index (χ2v) is 8.75. The molecular weight excluding hydrogens is 496 g/mol. The number of ether oxygens (including phenoxy) is 3. The van der Waals surface area contributed by atoms with Gasteiger partial charge in [0.15, 0.2) is 11.5 Å². The molecule has 8 nitrogen and oxygen atoms in total. The lowest BCUT2D eigenvalue weighted by Gasteiger charge is -2.26. The van der Waals surface area contributed by atoms with Gasteiger partial charge in [0, 0.05) is 0 Å². The lowest BCUT2D eigenvalue weighted by atomic mass is 10.1. The Kier molecular flexibility index (Phi) is 7.79. The summed E-state index contributed by atoms with van der Waals surface area (Å²) in [5.41, 5.74) is 2.55. The number of hydrogen-bond donors (Lipinski definition) is 1. The van der Waals surface area contributed by atoms with Crippen molar-refractivity contribution in [3.8, 4) is 17.2 Å². The number of carbonyl (C=O) groups is 3. The van der Waals surface area contributed by atoms with Crippen molar-refractivity contribution in [1.82, 2.24) is 5.32 Å². The van der Waals surface area contributed by atoms with Gasteiger partial charge in [-0.3, -0.25) is 14.9 Å². The number of hydrogen-bond acceptors (Lipinski definition) is 6. The van der Waals surface area contributed by atoms with Gasteiger partial charge >= 0.3 is 6.03 Å². The van der Waals surface area contributed by atoms with Crippen LogP contribution in [0.4, 0.5) is 10.5 Å². The molecule has 0 atom stereocenters. The fourth-order valence-corrected chi connectivity index (χ4v) is 4.00. The van der Waals surface area contributed by atoms with Crippen molar-refractivity contribution in [1.29, 1.82) is 0 Å². The van der Waals surface area contributed by atoms with Crippen LogP contribution < -0.4 is 24.4 Å². The normalized spacial score (nSPS) is 14.5. The lowest BCUT2D eigenvalue weighted by molar-refractivity contribution is -0.122. The summed E-state index contributed by atoms with van der Waals surface area (Å²) in [4.78, 5) is 39.0. The van der Waals surface area contributed by atoms with Crippen molar-refractivity contribution in [2.75, 3.05) is 25.2 Å². The first kappa shape index (κ1) is 25.8. The molecule has 0 aliphatic carbocycles. The zero-order valence-electron chi connectivity index (χ0n) is 20.5. The third-order valence-electron chi connectivity index (χ3n) is 5.54. The van der Waals surface area contributed by atoms with Gasteiger partial charge in [-0.1, -0.05) is 41.4 Å². The molecule has 1 saturated heterocycles. The first-order valence-electron chi connectivity index (χ1n) is 11.4. The number of nitrogens with zero attached hydrogens (tertiary/aromatic N) is 1. The molecule has 3 aromatic rings. The van der Waals surface area contributed by atoms with E-state index in [1.54, 1.807) is 30.3 Å². The Hall–Kier alpha value is -4.30. The molecule has 9 heteroatoms. The van der Waals surface area contributed by atoms with Gasteiger partial charge in [-0.05, 0) is 67.4 Å². The Labute approximate surface area is 219 Å². The van der Waals surface area contributed by atoms with Gasteiger partial charge in [0.25, 0.3) is 11.8 Å². The Morgan fingerprint density at radius 1 is 0.919 bits per heavy atom. The zero-order valence-corrected chi connectivity index (χ0v) is 21.3. The van der Waals surface area contributed by atoms with Crippen LogP contribution in [0.1, 0.15) is 16.7 Å². The molecule has 3 aromatic carbocycles. The summed E-state index contributed by atoms with van der Waals surface area (Å²) < 4.78 is 16.9. The van der Waals surface area contributed by atoms with Crippen molar-refractivity contribution >= 4 is 41.2 Å². The van der Waals surface area contributed by atoms with Gasteiger partial charge in [-0.15, -0.1) is 0 Å². The number of benzene rings is 3. The second kappa shape index (κ2) is 11.2. The molecular formula is C28H25ClN2O6. The maximum absolute atomic E-state index is 13.2. The van der Waals surface area contributed by atoms with Crippen LogP contribution in [0.5, 0.6) is 17.2 Å². The van der Waals surface area contributed by atoms with E-state index in [-0.39, 0.29) is 23.8 Å². The fraction of sp³-hybridized carbons (Fsp3) is 0.179. The standard InChI is InChI=1S/C28H25ClN2O6/c1-17-7-9-21(10-8-17)36-11-12-37-25-23(29)15-19(16-24(25)35-3)14-22-26(32)30-28(34)31(27(22)33)20-6-4-5-18(2)13-20/h4-10,13-16H,11-12H2,1-3H3,(H,30,32,34)/b22-14-. The van der Waals surface area contributed by atoms with E-state index < -0.39 is 17.8 Å². The molecule has 0 bridgehead atoms. The maximum Gasteiger partial charge on any atom is 0.335 e. The van der Waals surface area contributed by atoms with Crippen LogP contribution >= 0.6 is 11.6 Å². The predicted octanol–water partition coefficient (Wildman–Crippen LogP) is 5.09. The van der Waals surface area contributed by atoms with Gasteiger partial charge < -0.3 is 14.2 Å². The Balaban J connectivity index is 1.53. The zero-order chi connectivity index (χ0) is 26.5. The van der Waals surface area contributed by atoms with Crippen molar-refractivity contribution < 1.29 is 28.6 Å². The summed E-state index contributed by atoms with van der Waals surface area (Å²) in [6, 6.07) is 16.8. The highest BCUT2D eigenvalue weighted by Crippen LogP contribution is 2.37. The highest BCUT2D eigenvalue weighted by atomic mass is 35.5. The first-order chi connectivity index (χ1) is 17.8. The SMILES string of the molecule is COc1cc(/C=C2/C(=O)NC(=O)N(c3cccc(C)c3)C2=O)cc(Cl)c1OCCOc1ccc(C)cc1. The van der Waals surface area contributed by atoms with Crippen LogP contribution in [0.15, 0.2) is 66.2 Å². The first-order valence-corrected chi connectivity index (χ1v) is 11.8. The fourth-order valence-electron chi connectivity index (χ4n) is 3.73. The van der Waals surface area contributed by atoms with Crippen molar-refractivity contribution in [3.63, 3.8) is 0 Å². The molecule has 37 heavy (non-hydrogen) atoms. The number of methoxy groups -OCH3 is 1. The summed E-state index contributed by atoms with van der Waals surface area (Å²) >= 11 is 6.46. The van der Waals surface area contributed by atoms with Gasteiger partial charge in [-0.2, -0.15) is 0 Å². The largest absolute Gasteiger partial charge is 0.493 e. The number of rotatable bonds is 8. The summed E-state index contributed by atoms with van der Waals surface area (Å²) in [5, 5.41) is 2.43. The Bertz CT molecular complexity index is 1380. The topological polar surface area (TPSA) is 94.2 Å². The number of anilines is 1. The molecule has 1 heterocycles. The molecule has 1 fully saturated rings. The van der Waals surface area contributed by atoms with Crippen LogP contribution in [-0.2, 0) is 9.59 Å². The lowest BCUT2D eigenvalue weighted by Crippen LogP contribution is -2.54. The smallest absolute Gasteiger partial charge is 0.335 e. The highest BCUT2D eigenvalue weighted by molar-refractivity contribution is 6.39. The number of barbiturate groups is 1. The molecule has 0 spiro atoms. The molecule has 1 N–H and O–H groups in total. The van der Waals surface area contributed by atoms with E-state index in [0.717, 1.165) is 21.8 Å². The summed E-state index contributed by atoms with van der Waals surface area (Å²) in [7, 11) is 1.45. The second-order valence-electron chi connectivity index (χ2n) is 8.34. The molecule has 1 aliphatic rings. The number of amides is 4. The van der Waals surface area contributed by atoms with Gasteiger partial charge in [-0.25, -0.2) is 9.69 Å². The Morgan fingerprint density at radius 2 is 1.65 bits per heavy atom. The van der Waals surface area contributed by atoms with Crippen molar-refractivity contribution in [3.05, 3.63) is 87.9 Å². The molecule has 190 valence electrons. The van der Waals surface area contributed by atoms with Crippen LogP contribution in [0, 0.1) is 13.8 Å². The van der Waals surface area contributed by atoms with Gasteiger partial charge in [0.1, 0.15) is 24.5 Å². The van der Waals surface area contributed by atoms with E-state index in [1.807, 2.05) is 44.2 Å². The van der Waals surface area contributed by atoms with E-state index in [9.17, 15) is 14.4 Å². The quantitative estimate of drug-likeness (QED) is 0.252. The summed E-state index contributed by atoms with van der Waals surface area (Å²) in [5.74, 6) is -0.215. The highest BCUT2D eigenvalue weighted by Gasteiger charge is 2.36. The molecule has 4 amide bonds. The predicted molar refractivity (Wildman–Crippen MR) is 140 cm³/mol. The summed E-state index contributed by atoms with van der Waals surface area (Å²) in [6.07, 6.45) is 1.35. The molecule has 4 rings (SSSR count). The summed E-state index contributed by atoms with van der Waals surface area (Å²) in [6.45, 7) is 4.33. The van der Waals surface area contributed by atoms with E-state index in [0.29, 0.717) is 22.7 Å². The average Bonchev–Trinajstić information content (AvgIpc) is 2.86. The van der Waals surface area contributed by atoms with Crippen molar-refractivity contribution in [2.45, 2.75) is 13.8 Å². The molecule has 1 aliphatic heterocycles. The van der Waals surface area contributed by atoms with Gasteiger partial charge in [0.05, 0.1) is 17.8 Å². The van der Waals surface area contributed by atoms with E-state index in [1.165, 1.54) is 13.2 Å².